The van der Waals surface area contributed by atoms with E-state index in [1.807, 2.05) is 11.8 Å². The molecule has 1 fully saturated rings. The summed E-state index contributed by atoms with van der Waals surface area (Å²) in [7, 11) is 0. The van der Waals surface area contributed by atoms with Gasteiger partial charge in [0.2, 0.25) is 0 Å². The van der Waals surface area contributed by atoms with Crippen LogP contribution in [0.4, 0.5) is 0 Å². The fourth-order valence-corrected chi connectivity index (χ4v) is 3.50. The van der Waals surface area contributed by atoms with Crippen molar-refractivity contribution in [3.63, 3.8) is 0 Å². The molecule has 1 aliphatic rings. The van der Waals surface area contributed by atoms with Crippen LogP contribution in [-0.2, 0) is 11.3 Å². The number of hydrogen-bond acceptors (Lipinski definition) is 6. The molecular weight excluding hydrogens is 322 g/mol. The van der Waals surface area contributed by atoms with Crippen molar-refractivity contribution in [2.45, 2.75) is 38.8 Å². The van der Waals surface area contributed by atoms with Gasteiger partial charge in [-0.05, 0) is 31.5 Å². The number of carboxylic acids is 1. The van der Waals surface area contributed by atoms with Crippen molar-refractivity contribution in [2.75, 3.05) is 13.1 Å². The van der Waals surface area contributed by atoms with E-state index in [9.17, 15) is 15.0 Å². The van der Waals surface area contributed by atoms with Crippen LogP contribution in [0.25, 0.3) is 11.6 Å². The van der Waals surface area contributed by atoms with Gasteiger partial charge in [-0.3, -0.25) is 9.69 Å². The van der Waals surface area contributed by atoms with Gasteiger partial charge in [0.25, 0.3) is 0 Å². The van der Waals surface area contributed by atoms with E-state index in [0.717, 1.165) is 12.0 Å². The Bertz CT molecular complexity index is 702. The fraction of sp³-hybridized carbons (Fsp3) is 0.500. The van der Waals surface area contributed by atoms with Gasteiger partial charge in [-0.25, -0.2) is 9.97 Å². The second kappa shape index (κ2) is 7.33. The predicted molar refractivity (Wildman–Crippen MR) is 90.6 cm³/mol. The van der Waals surface area contributed by atoms with Crippen LogP contribution in [0.1, 0.15) is 31.7 Å². The molecule has 7 heteroatoms. The van der Waals surface area contributed by atoms with Crippen LogP contribution >= 0.6 is 0 Å². The minimum absolute atomic E-state index is 0.340. The van der Waals surface area contributed by atoms with Crippen molar-refractivity contribution >= 4 is 5.97 Å². The van der Waals surface area contributed by atoms with E-state index < -0.39 is 17.5 Å². The number of aromatic nitrogens is 2. The summed E-state index contributed by atoms with van der Waals surface area (Å²) in [6.07, 6.45) is 5.87. The second-order valence-electron chi connectivity index (χ2n) is 6.60. The SMILES string of the molecule is CCC[C@]1(C(=O)O)CCN(Cc2cnc(-c3ccco3)nc2)C[C@H]1O. The molecule has 2 aromatic heterocycles. The normalized spacial score (nSPS) is 24.3. The predicted octanol–water partition coefficient (Wildman–Crippen LogP) is 2.17. The molecule has 2 aromatic rings. The molecule has 1 aliphatic heterocycles. The zero-order valence-electron chi connectivity index (χ0n) is 14.3. The highest BCUT2D eigenvalue weighted by atomic mass is 16.4. The summed E-state index contributed by atoms with van der Waals surface area (Å²) in [5, 5.41) is 20.1. The Morgan fingerprint density at radius 1 is 1.44 bits per heavy atom. The lowest BCUT2D eigenvalue weighted by molar-refractivity contribution is -0.164. The molecule has 0 bridgehead atoms. The van der Waals surface area contributed by atoms with E-state index in [-0.39, 0.29) is 0 Å². The van der Waals surface area contributed by atoms with E-state index in [1.165, 1.54) is 0 Å². The number of furan rings is 1. The number of rotatable bonds is 6. The molecular formula is C18H23N3O4. The molecule has 7 nitrogen and oxygen atoms in total. The monoisotopic (exact) mass is 345 g/mol. The number of β-amino-alcohol motifs (C(OH)–C–C–N with tert-alkyl or cyclic N) is 1. The average Bonchev–Trinajstić information content (AvgIpc) is 3.12. The number of likely N-dealkylation sites (tertiary alicyclic amines) is 1. The molecule has 0 saturated carbocycles. The first kappa shape index (κ1) is 17.6. The third-order valence-corrected chi connectivity index (χ3v) is 4.92. The van der Waals surface area contributed by atoms with Crippen LogP contribution in [-0.4, -0.2) is 50.2 Å². The maximum absolute atomic E-state index is 11.7. The molecule has 0 radical (unpaired) electrons. The molecule has 0 unspecified atom stereocenters. The van der Waals surface area contributed by atoms with Crippen LogP contribution in [0.5, 0.6) is 0 Å². The Balaban J connectivity index is 1.64. The van der Waals surface area contributed by atoms with Crippen molar-refractivity contribution in [1.29, 1.82) is 0 Å². The first-order valence-corrected chi connectivity index (χ1v) is 8.54. The number of aliphatic hydroxyl groups is 1. The van der Waals surface area contributed by atoms with E-state index in [0.29, 0.717) is 44.1 Å². The summed E-state index contributed by atoms with van der Waals surface area (Å²) in [6, 6.07) is 3.59. The number of aliphatic hydroxyl groups excluding tert-OH is 1. The van der Waals surface area contributed by atoms with E-state index >= 15 is 0 Å². The number of hydrogen-bond donors (Lipinski definition) is 2. The minimum atomic E-state index is -1.02. The first-order chi connectivity index (χ1) is 12.0. The third kappa shape index (κ3) is 3.57. The maximum Gasteiger partial charge on any atom is 0.312 e. The van der Waals surface area contributed by atoms with Crippen molar-refractivity contribution in [1.82, 2.24) is 14.9 Å². The Labute approximate surface area is 146 Å². The van der Waals surface area contributed by atoms with Crippen LogP contribution in [0.15, 0.2) is 35.2 Å². The lowest BCUT2D eigenvalue weighted by Crippen LogP contribution is -2.54. The molecule has 0 spiro atoms. The van der Waals surface area contributed by atoms with Crippen molar-refractivity contribution in [3.8, 4) is 11.6 Å². The van der Waals surface area contributed by atoms with Gasteiger partial charge in [0.15, 0.2) is 11.6 Å². The van der Waals surface area contributed by atoms with Gasteiger partial charge in [-0.2, -0.15) is 0 Å². The number of piperidine rings is 1. The van der Waals surface area contributed by atoms with Gasteiger partial charge in [0.05, 0.1) is 17.8 Å². The van der Waals surface area contributed by atoms with Gasteiger partial charge in [-0.1, -0.05) is 13.3 Å². The Morgan fingerprint density at radius 3 is 2.76 bits per heavy atom. The molecule has 0 aromatic carbocycles. The molecule has 1 saturated heterocycles. The number of aliphatic carboxylic acids is 1. The molecule has 0 aliphatic carbocycles. The van der Waals surface area contributed by atoms with Gasteiger partial charge in [0, 0.05) is 31.0 Å². The average molecular weight is 345 g/mol. The van der Waals surface area contributed by atoms with Gasteiger partial charge in [-0.15, -0.1) is 0 Å². The molecule has 134 valence electrons. The van der Waals surface area contributed by atoms with Crippen molar-refractivity contribution in [3.05, 3.63) is 36.4 Å². The Kier molecular flexibility index (Phi) is 5.15. The van der Waals surface area contributed by atoms with Crippen molar-refractivity contribution in [2.24, 2.45) is 5.41 Å². The maximum atomic E-state index is 11.7. The highest BCUT2D eigenvalue weighted by Gasteiger charge is 2.47. The Morgan fingerprint density at radius 2 is 2.20 bits per heavy atom. The summed E-state index contributed by atoms with van der Waals surface area (Å²) in [5.74, 6) is 0.249. The van der Waals surface area contributed by atoms with E-state index in [1.54, 1.807) is 30.8 Å². The second-order valence-corrected chi connectivity index (χ2v) is 6.60. The topological polar surface area (TPSA) is 99.7 Å². The molecule has 3 rings (SSSR count). The standard InChI is InChI=1S/C18H23N3O4/c1-2-5-18(17(23)24)6-7-21(12-15(18)22)11-13-9-19-16(20-10-13)14-4-3-8-25-14/h3-4,8-10,15,22H,2,5-7,11-12H2,1H3,(H,23,24)/t15-,18+/m1/s1. The highest BCUT2D eigenvalue weighted by molar-refractivity contribution is 5.75. The fourth-order valence-electron chi connectivity index (χ4n) is 3.50. The van der Waals surface area contributed by atoms with Gasteiger partial charge < -0.3 is 14.6 Å². The van der Waals surface area contributed by atoms with Gasteiger partial charge >= 0.3 is 5.97 Å². The zero-order chi connectivity index (χ0) is 17.9. The summed E-state index contributed by atoms with van der Waals surface area (Å²) in [4.78, 5) is 22.3. The summed E-state index contributed by atoms with van der Waals surface area (Å²) in [5.41, 5.74) is -0.105. The molecule has 25 heavy (non-hydrogen) atoms. The molecule has 0 amide bonds. The third-order valence-electron chi connectivity index (χ3n) is 4.92. The number of nitrogens with zero attached hydrogens (tertiary/aromatic N) is 3. The zero-order valence-corrected chi connectivity index (χ0v) is 14.3. The quantitative estimate of drug-likeness (QED) is 0.827. The number of carboxylic acid groups (broad SMARTS) is 1. The highest BCUT2D eigenvalue weighted by Crippen LogP contribution is 2.37. The van der Waals surface area contributed by atoms with Crippen LogP contribution in [0.3, 0.4) is 0 Å². The Hall–Kier alpha value is -2.25. The largest absolute Gasteiger partial charge is 0.481 e. The lowest BCUT2D eigenvalue weighted by atomic mass is 9.73. The van der Waals surface area contributed by atoms with Crippen LogP contribution in [0.2, 0.25) is 0 Å². The molecule has 2 N–H and O–H groups in total. The molecule has 3 heterocycles. The van der Waals surface area contributed by atoms with Gasteiger partial charge in [0.1, 0.15) is 0 Å². The molecule has 2 atom stereocenters. The lowest BCUT2D eigenvalue weighted by Gasteiger charge is -2.42. The summed E-state index contributed by atoms with van der Waals surface area (Å²) >= 11 is 0. The van der Waals surface area contributed by atoms with Crippen LogP contribution < -0.4 is 0 Å². The summed E-state index contributed by atoms with van der Waals surface area (Å²) in [6.45, 7) is 3.49. The minimum Gasteiger partial charge on any atom is -0.481 e. The smallest absolute Gasteiger partial charge is 0.312 e. The van der Waals surface area contributed by atoms with Crippen molar-refractivity contribution < 1.29 is 19.4 Å². The number of carbonyl (C=O) groups is 1. The van der Waals surface area contributed by atoms with Crippen LogP contribution in [0, 0.1) is 5.41 Å². The van der Waals surface area contributed by atoms with E-state index in [2.05, 4.69) is 9.97 Å². The van der Waals surface area contributed by atoms with E-state index in [4.69, 9.17) is 4.42 Å². The first-order valence-electron chi connectivity index (χ1n) is 8.54. The summed E-state index contributed by atoms with van der Waals surface area (Å²) < 4.78 is 5.27.